The highest BCUT2D eigenvalue weighted by atomic mass is 16.5. The summed E-state index contributed by atoms with van der Waals surface area (Å²) < 4.78 is 11.6. The molecule has 0 aromatic heterocycles. The van der Waals surface area contributed by atoms with Gasteiger partial charge in [0.25, 0.3) is 5.91 Å². The second-order valence-electron chi connectivity index (χ2n) is 7.47. The van der Waals surface area contributed by atoms with Crippen LogP contribution in [0.1, 0.15) is 42.1 Å². The fourth-order valence-electron chi connectivity index (χ4n) is 3.33. The van der Waals surface area contributed by atoms with Crippen LogP contribution in [0.2, 0.25) is 0 Å². The maximum absolute atomic E-state index is 12.7. The van der Waals surface area contributed by atoms with Crippen molar-refractivity contribution in [1.29, 1.82) is 10.5 Å². The molecule has 0 spiro atoms. The zero-order chi connectivity index (χ0) is 24.3. The number of rotatable bonds is 9. The van der Waals surface area contributed by atoms with Crippen LogP contribution in [0.15, 0.2) is 78.4 Å². The van der Waals surface area contributed by atoms with Gasteiger partial charge in [-0.05, 0) is 49.2 Å². The lowest BCUT2D eigenvalue weighted by atomic mass is 10.1. The Bertz CT molecular complexity index is 1250. The first kappa shape index (κ1) is 24.1. The average molecular weight is 452 g/mol. The van der Waals surface area contributed by atoms with E-state index in [1.807, 2.05) is 62.4 Å². The molecule has 0 unspecified atom stereocenters. The minimum atomic E-state index is -0.453. The first-order valence-electron chi connectivity index (χ1n) is 10.9. The van der Waals surface area contributed by atoms with Crippen molar-refractivity contribution in [2.24, 2.45) is 0 Å². The molecule has 0 aliphatic heterocycles. The second-order valence-corrected chi connectivity index (χ2v) is 7.47. The van der Waals surface area contributed by atoms with Crippen LogP contribution in [-0.4, -0.2) is 12.5 Å². The molecule has 1 N–H and O–H groups in total. The average Bonchev–Trinajstić information content (AvgIpc) is 2.87. The van der Waals surface area contributed by atoms with Gasteiger partial charge in [0.15, 0.2) is 11.5 Å². The lowest BCUT2D eigenvalue weighted by Crippen LogP contribution is -2.27. The van der Waals surface area contributed by atoms with Crippen LogP contribution in [0.4, 0.5) is 0 Å². The molecule has 3 aromatic rings. The van der Waals surface area contributed by atoms with Crippen molar-refractivity contribution in [2.75, 3.05) is 6.61 Å². The smallest absolute Gasteiger partial charge is 0.262 e. The minimum Gasteiger partial charge on any atom is -0.490 e. The van der Waals surface area contributed by atoms with Crippen LogP contribution in [-0.2, 0) is 11.4 Å². The van der Waals surface area contributed by atoms with E-state index in [2.05, 4.69) is 11.4 Å². The van der Waals surface area contributed by atoms with Crippen LogP contribution in [0, 0.1) is 22.7 Å². The molecule has 0 saturated heterocycles. The first-order chi connectivity index (χ1) is 16.5. The van der Waals surface area contributed by atoms with E-state index >= 15 is 0 Å². The fraction of sp³-hybridized carbons (Fsp3) is 0.179. The Morgan fingerprint density at radius 3 is 2.44 bits per heavy atom. The molecule has 0 aliphatic rings. The van der Waals surface area contributed by atoms with E-state index in [0.29, 0.717) is 29.2 Å². The molecule has 6 heteroatoms. The van der Waals surface area contributed by atoms with Gasteiger partial charge < -0.3 is 14.8 Å². The minimum absolute atomic E-state index is 0.0122. The fourth-order valence-corrected chi connectivity index (χ4v) is 3.33. The number of hydrogen-bond acceptors (Lipinski definition) is 5. The standard InChI is InChI=1S/C28H25N3O3/c1-3-33-27-16-21(13-14-26(27)34-19-24-12-8-7-11-23(24)17-29)15-25(18-30)28(32)31-20(2)22-9-5-4-6-10-22/h4-16,20H,3,19H2,1-2H3,(H,31,32)/b25-15+/t20-/m1/s1. The Hall–Kier alpha value is -4.55. The monoisotopic (exact) mass is 451 g/mol. The summed E-state index contributed by atoms with van der Waals surface area (Å²) in [7, 11) is 0. The van der Waals surface area contributed by atoms with Gasteiger partial charge in [-0.2, -0.15) is 10.5 Å². The lowest BCUT2D eigenvalue weighted by molar-refractivity contribution is -0.117. The number of nitrogens with one attached hydrogen (secondary N) is 1. The largest absolute Gasteiger partial charge is 0.490 e. The van der Waals surface area contributed by atoms with Gasteiger partial charge in [0.2, 0.25) is 0 Å². The number of ether oxygens (including phenoxy) is 2. The van der Waals surface area contributed by atoms with Crippen molar-refractivity contribution in [2.45, 2.75) is 26.5 Å². The molecule has 170 valence electrons. The molecule has 0 aliphatic carbocycles. The van der Waals surface area contributed by atoms with Crippen molar-refractivity contribution in [3.63, 3.8) is 0 Å². The van der Waals surface area contributed by atoms with Gasteiger partial charge in [0.1, 0.15) is 18.2 Å². The number of hydrogen-bond donors (Lipinski definition) is 1. The molecule has 0 radical (unpaired) electrons. The predicted octanol–water partition coefficient (Wildman–Crippen LogP) is 5.32. The molecule has 1 atom stereocenters. The maximum atomic E-state index is 12.7. The summed E-state index contributed by atoms with van der Waals surface area (Å²) in [6.45, 7) is 4.35. The van der Waals surface area contributed by atoms with Crippen molar-refractivity contribution < 1.29 is 14.3 Å². The van der Waals surface area contributed by atoms with E-state index in [1.54, 1.807) is 30.3 Å². The van der Waals surface area contributed by atoms with Crippen LogP contribution < -0.4 is 14.8 Å². The number of amides is 1. The Morgan fingerprint density at radius 1 is 1.00 bits per heavy atom. The predicted molar refractivity (Wildman–Crippen MR) is 130 cm³/mol. The maximum Gasteiger partial charge on any atom is 0.262 e. The molecular weight excluding hydrogens is 426 g/mol. The molecule has 0 fully saturated rings. The summed E-state index contributed by atoms with van der Waals surface area (Å²) in [6, 6.07) is 25.9. The molecule has 6 nitrogen and oxygen atoms in total. The van der Waals surface area contributed by atoms with Crippen LogP contribution in [0.5, 0.6) is 11.5 Å². The molecule has 34 heavy (non-hydrogen) atoms. The van der Waals surface area contributed by atoms with E-state index in [1.165, 1.54) is 6.08 Å². The Morgan fingerprint density at radius 2 is 1.74 bits per heavy atom. The van der Waals surface area contributed by atoms with E-state index in [4.69, 9.17) is 9.47 Å². The van der Waals surface area contributed by atoms with Crippen molar-refractivity contribution in [3.8, 4) is 23.6 Å². The molecule has 1 amide bonds. The molecular formula is C28H25N3O3. The summed E-state index contributed by atoms with van der Waals surface area (Å²) in [5.74, 6) is 0.540. The Labute approximate surface area is 199 Å². The SMILES string of the molecule is CCOc1cc(/C=C(\C#N)C(=O)N[C@H](C)c2ccccc2)ccc1OCc1ccccc1C#N. The van der Waals surface area contributed by atoms with Crippen molar-refractivity contribution in [1.82, 2.24) is 5.32 Å². The summed E-state index contributed by atoms with van der Waals surface area (Å²) in [4.78, 5) is 12.7. The molecule has 0 bridgehead atoms. The van der Waals surface area contributed by atoms with Crippen LogP contribution >= 0.6 is 0 Å². The van der Waals surface area contributed by atoms with Gasteiger partial charge in [0, 0.05) is 5.56 Å². The first-order valence-corrected chi connectivity index (χ1v) is 10.9. The zero-order valence-electron chi connectivity index (χ0n) is 19.1. The molecule has 3 aromatic carbocycles. The van der Waals surface area contributed by atoms with Crippen molar-refractivity contribution in [3.05, 3.63) is 101 Å². The van der Waals surface area contributed by atoms with Gasteiger partial charge in [0.05, 0.1) is 24.3 Å². The highest BCUT2D eigenvalue weighted by Crippen LogP contribution is 2.30. The second kappa shape index (κ2) is 11.9. The molecule has 0 heterocycles. The number of carbonyl (C=O) groups is 1. The molecule has 3 rings (SSSR count). The normalized spacial score (nSPS) is 11.6. The van der Waals surface area contributed by atoms with E-state index < -0.39 is 5.91 Å². The van der Waals surface area contributed by atoms with Crippen LogP contribution in [0.3, 0.4) is 0 Å². The van der Waals surface area contributed by atoms with Gasteiger partial charge >= 0.3 is 0 Å². The lowest BCUT2D eigenvalue weighted by Gasteiger charge is -2.14. The summed E-state index contributed by atoms with van der Waals surface area (Å²) >= 11 is 0. The summed E-state index contributed by atoms with van der Waals surface area (Å²) in [5.41, 5.74) is 2.89. The van der Waals surface area contributed by atoms with E-state index in [9.17, 15) is 15.3 Å². The van der Waals surface area contributed by atoms with Crippen LogP contribution in [0.25, 0.3) is 6.08 Å². The van der Waals surface area contributed by atoms with Crippen molar-refractivity contribution >= 4 is 12.0 Å². The third kappa shape index (κ3) is 6.25. The quantitative estimate of drug-likeness (QED) is 0.351. The highest BCUT2D eigenvalue weighted by Gasteiger charge is 2.15. The Balaban J connectivity index is 1.77. The van der Waals surface area contributed by atoms with E-state index in [0.717, 1.165) is 11.1 Å². The van der Waals surface area contributed by atoms with Gasteiger partial charge in [-0.25, -0.2) is 0 Å². The molecule has 0 saturated carbocycles. The van der Waals surface area contributed by atoms with Gasteiger partial charge in [-0.1, -0.05) is 54.6 Å². The number of nitrogens with zero attached hydrogens (tertiary/aromatic N) is 2. The number of benzene rings is 3. The topological polar surface area (TPSA) is 95.1 Å². The highest BCUT2D eigenvalue weighted by molar-refractivity contribution is 6.01. The third-order valence-corrected chi connectivity index (χ3v) is 5.11. The Kier molecular flexibility index (Phi) is 8.43. The number of nitriles is 2. The van der Waals surface area contributed by atoms with E-state index in [-0.39, 0.29) is 18.2 Å². The van der Waals surface area contributed by atoms with Gasteiger partial charge in [-0.15, -0.1) is 0 Å². The third-order valence-electron chi connectivity index (χ3n) is 5.11. The summed E-state index contributed by atoms with van der Waals surface area (Å²) in [5, 5.41) is 21.7. The zero-order valence-corrected chi connectivity index (χ0v) is 19.1. The summed E-state index contributed by atoms with van der Waals surface area (Å²) in [6.07, 6.45) is 1.52. The van der Waals surface area contributed by atoms with Gasteiger partial charge in [-0.3, -0.25) is 4.79 Å². The number of carbonyl (C=O) groups excluding carboxylic acids is 1.